The first-order chi connectivity index (χ1) is 14.8. The highest BCUT2D eigenvalue weighted by atomic mass is 79.9. The van der Waals surface area contributed by atoms with Crippen molar-refractivity contribution in [3.8, 4) is 11.6 Å². The van der Waals surface area contributed by atoms with Crippen molar-refractivity contribution >= 4 is 55.9 Å². The molecular weight excluding hydrogens is 504 g/mol. The first kappa shape index (κ1) is 23.6. The molecule has 0 radical (unpaired) electrons. The van der Waals surface area contributed by atoms with Gasteiger partial charge in [-0.2, -0.15) is 0 Å². The summed E-state index contributed by atoms with van der Waals surface area (Å²) in [5, 5.41) is 12.5. The number of anilines is 1. The number of rotatable bonds is 9. The summed E-state index contributed by atoms with van der Waals surface area (Å²) < 4.78 is 13.3. The number of aromatic nitrogens is 3. The van der Waals surface area contributed by atoms with Gasteiger partial charge < -0.3 is 14.5 Å². The summed E-state index contributed by atoms with van der Waals surface area (Å²) in [7, 11) is 0. The maximum absolute atomic E-state index is 12.6. The van der Waals surface area contributed by atoms with Crippen LogP contribution in [0, 0.1) is 13.8 Å². The molecule has 0 aliphatic carbocycles. The lowest BCUT2D eigenvalue weighted by atomic mass is 10.1. The molecule has 0 saturated heterocycles. The lowest BCUT2D eigenvalue weighted by Gasteiger charge is -2.08. The second kappa shape index (κ2) is 10.5. The van der Waals surface area contributed by atoms with E-state index < -0.39 is 5.97 Å². The van der Waals surface area contributed by atoms with Crippen LogP contribution in [0.15, 0.2) is 26.4 Å². The molecule has 0 fully saturated rings. The fourth-order valence-electron chi connectivity index (χ4n) is 2.89. The summed E-state index contributed by atoms with van der Waals surface area (Å²) in [5.74, 6) is 0.689. The van der Waals surface area contributed by atoms with Crippen molar-refractivity contribution in [1.82, 2.24) is 14.8 Å². The molecular formula is C20H23BrN4O4S2. The topological polar surface area (TPSA) is 99.2 Å². The van der Waals surface area contributed by atoms with Crippen LogP contribution in [0.25, 0.3) is 11.6 Å². The number of aryl methyl sites for hydroxylation is 1. The van der Waals surface area contributed by atoms with Gasteiger partial charge in [-0.25, -0.2) is 4.79 Å². The van der Waals surface area contributed by atoms with Crippen LogP contribution in [-0.4, -0.2) is 39.0 Å². The Bertz CT molecular complexity index is 1090. The fraction of sp³-hybridized carbons (Fsp3) is 0.400. The lowest BCUT2D eigenvalue weighted by molar-refractivity contribution is -0.113. The molecule has 8 nitrogen and oxygen atoms in total. The quantitative estimate of drug-likeness (QED) is 0.298. The molecule has 1 N–H and O–H groups in total. The van der Waals surface area contributed by atoms with E-state index in [0.717, 1.165) is 16.9 Å². The van der Waals surface area contributed by atoms with E-state index >= 15 is 0 Å². The van der Waals surface area contributed by atoms with Crippen LogP contribution < -0.4 is 5.32 Å². The third-order valence-electron chi connectivity index (χ3n) is 4.41. The van der Waals surface area contributed by atoms with Crippen LogP contribution in [0.1, 0.15) is 41.1 Å². The number of nitrogens with zero attached hydrogens (tertiary/aromatic N) is 3. The molecule has 3 rings (SSSR count). The van der Waals surface area contributed by atoms with Crippen LogP contribution in [0.3, 0.4) is 0 Å². The standard InChI is InChI=1S/C20H23BrN4O4S2/c1-5-9-25-17(13-7-8-14(21)29-13)23-24-20(25)30-10-15(26)22-18-16(19(27)28-6-2)11(3)12(4)31-18/h7-8H,5-6,9-10H2,1-4H3,(H,22,26). The molecule has 3 aromatic rings. The number of thioether (sulfide) groups is 1. The Morgan fingerprint density at radius 2 is 2.06 bits per heavy atom. The zero-order chi connectivity index (χ0) is 22.5. The molecule has 166 valence electrons. The molecule has 11 heteroatoms. The van der Waals surface area contributed by atoms with Gasteiger partial charge in [0, 0.05) is 11.4 Å². The molecule has 0 aliphatic heterocycles. The van der Waals surface area contributed by atoms with Gasteiger partial charge in [-0.15, -0.1) is 21.5 Å². The van der Waals surface area contributed by atoms with E-state index in [1.54, 1.807) is 13.0 Å². The molecule has 0 saturated carbocycles. The van der Waals surface area contributed by atoms with Crippen LogP contribution in [-0.2, 0) is 16.1 Å². The van der Waals surface area contributed by atoms with Crippen LogP contribution >= 0.6 is 39.0 Å². The van der Waals surface area contributed by atoms with Gasteiger partial charge in [0.15, 0.2) is 15.6 Å². The zero-order valence-electron chi connectivity index (χ0n) is 17.7. The summed E-state index contributed by atoms with van der Waals surface area (Å²) in [6.07, 6.45) is 0.878. The first-order valence-corrected chi connectivity index (χ1v) is 12.3. The monoisotopic (exact) mass is 526 g/mol. The predicted molar refractivity (Wildman–Crippen MR) is 125 cm³/mol. The Labute approximate surface area is 196 Å². The van der Waals surface area contributed by atoms with Crippen molar-refractivity contribution < 1.29 is 18.7 Å². The maximum Gasteiger partial charge on any atom is 0.341 e. The Hall–Kier alpha value is -2.11. The van der Waals surface area contributed by atoms with Gasteiger partial charge in [-0.05, 0) is 60.8 Å². The minimum Gasteiger partial charge on any atom is -0.462 e. The van der Waals surface area contributed by atoms with Crippen LogP contribution in [0.2, 0.25) is 0 Å². The van der Waals surface area contributed by atoms with E-state index in [0.29, 0.717) is 38.5 Å². The van der Waals surface area contributed by atoms with Crippen molar-refractivity contribution in [1.29, 1.82) is 0 Å². The molecule has 0 unspecified atom stereocenters. The third kappa shape index (κ3) is 5.39. The van der Waals surface area contributed by atoms with Gasteiger partial charge >= 0.3 is 5.97 Å². The Kier molecular flexibility index (Phi) is 7.95. The number of carbonyl (C=O) groups is 2. The highest BCUT2D eigenvalue weighted by Crippen LogP contribution is 2.33. The molecule has 1 amide bonds. The molecule has 0 aliphatic rings. The van der Waals surface area contributed by atoms with Gasteiger partial charge in [0.2, 0.25) is 11.7 Å². The number of hydrogen-bond acceptors (Lipinski definition) is 8. The average Bonchev–Trinajstić information content (AvgIpc) is 3.39. The average molecular weight is 527 g/mol. The number of thiophene rings is 1. The van der Waals surface area contributed by atoms with Crippen molar-refractivity contribution in [3.05, 3.63) is 32.8 Å². The van der Waals surface area contributed by atoms with Gasteiger partial charge in [-0.1, -0.05) is 18.7 Å². The Morgan fingerprint density at radius 1 is 1.29 bits per heavy atom. The maximum atomic E-state index is 12.6. The number of nitrogens with one attached hydrogen (secondary N) is 1. The molecule has 3 heterocycles. The van der Waals surface area contributed by atoms with Crippen LogP contribution in [0.5, 0.6) is 0 Å². The highest BCUT2D eigenvalue weighted by Gasteiger charge is 2.23. The summed E-state index contributed by atoms with van der Waals surface area (Å²) in [5.41, 5.74) is 1.24. The summed E-state index contributed by atoms with van der Waals surface area (Å²) in [6.45, 7) is 8.54. The predicted octanol–water partition coefficient (Wildman–Crippen LogP) is 5.30. The van der Waals surface area contributed by atoms with Gasteiger partial charge in [0.1, 0.15) is 5.00 Å². The SMILES string of the molecule is CCCn1c(SCC(=O)Nc2sc(C)c(C)c2C(=O)OCC)nnc1-c1ccc(Br)o1. The number of halogens is 1. The van der Waals surface area contributed by atoms with Crippen molar-refractivity contribution in [2.45, 2.75) is 45.8 Å². The first-order valence-electron chi connectivity index (χ1n) is 9.74. The van der Waals surface area contributed by atoms with Crippen LogP contribution in [0.4, 0.5) is 5.00 Å². The Balaban J connectivity index is 1.73. The molecule has 3 aromatic heterocycles. The Morgan fingerprint density at radius 3 is 2.71 bits per heavy atom. The fourth-order valence-corrected chi connectivity index (χ4v) is 5.03. The minimum absolute atomic E-state index is 0.127. The van der Waals surface area contributed by atoms with Gasteiger partial charge in [0.05, 0.1) is 17.9 Å². The number of ether oxygens (including phenoxy) is 1. The summed E-state index contributed by atoms with van der Waals surface area (Å²) in [4.78, 5) is 25.9. The van der Waals surface area contributed by atoms with E-state index in [1.165, 1.54) is 23.1 Å². The summed E-state index contributed by atoms with van der Waals surface area (Å²) >= 11 is 5.95. The van der Waals surface area contributed by atoms with E-state index in [4.69, 9.17) is 9.15 Å². The number of furan rings is 1. The highest BCUT2D eigenvalue weighted by molar-refractivity contribution is 9.10. The number of hydrogen-bond donors (Lipinski definition) is 1. The largest absolute Gasteiger partial charge is 0.462 e. The van der Waals surface area contributed by atoms with Gasteiger partial charge in [-0.3, -0.25) is 9.36 Å². The second-order valence-electron chi connectivity index (χ2n) is 6.61. The molecule has 0 atom stereocenters. The normalized spacial score (nSPS) is 11.0. The van der Waals surface area contributed by atoms with E-state index in [1.807, 2.05) is 24.5 Å². The summed E-state index contributed by atoms with van der Waals surface area (Å²) in [6, 6.07) is 3.62. The van der Waals surface area contributed by atoms with E-state index in [2.05, 4.69) is 38.4 Å². The van der Waals surface area contributed by atoms with Crippen molar-refractivity contribution in [2.75, 3.05) is 17.7 Å². The van der Waals surface area contributed by atoms with Gasteiger partial charge in [0.25, 0.3) is 0 Å². The molecule has 0 spiro atoms. The molecule has 31 heavy (non-hydrogen) atoms. The number of carbonyl (C=O) groups excluding carboxylic acids is 2. The van der Waals surface area contributed by atoms with Crippen molar-refractivity contribution in [2.24, 2.45) is 0 Å². The number of esters is 1. The smallest absolute Gasteiger partial charge is 0.341 e. The van der Waals surface area contributed by atoms with E-state index in [9.17, 15) is 9.59 Å². The van der Waals surface area contributed by atoms with E-state index in [-0.39, 0.29) is 18.3 Å². The lowest BCUT2D eigenvalue weighted by Crippen LogP contribution is -2.17. The van der Waals surface area contributed by atoms with Crippen molar-refractivity contribution in [3.63, 3.8) is 0 Å². The molecule has 0 bridgehead atoms. The third-order valence-corrected chi connectivity index (χ3v) is 6.92. The zero-order valence-corrected chi connectivity index (χ0v) is 20.9. The molecule has 0 aromatic carbocycles. The number of amides is 1. The minimum atomic E-state index is -0.427. The second-order valence-corrected chi connectivity index (χ2v) is 9.56.